The largest absolute Gasteiger partial charge is 0.490 e. The molecule has 0 aliphatic heterocycles. The fraction of sp³-hybridized carbons (Fsp3) is 0.150. The van der Waals surface area contributed by atoms with Gasteiger partial charge in [0, 0.05) is 17.3 Å². The lowest BCUT2D eigenvalue weighted by atomic mass is 10.1. The van der Waals surface area contributed by atoms with Gasteiger partial charge in [0.05, 0.1) is 6.61 Å². The Morgan fingerprint density at radius 1 is 1.27 bits per heavy atom. The van der Waals surface area contributed by atoms with Gasteiger partial charge < -0.3 is 14.8 Å². The Kier molecular flexibility index (Phi) is 6.58. The summed E-state index contributed by atoms with van der Waals surface area (Å²) in [7, 11) is 0. The lowest BCUT2D eigenvalue weighted by molar-refractivity contribution is -0.111. The van der Waals surface area contributed by atoms with E-state index in [4.69, 9.17) is 4.74 Å². The van der Waals surface area contributed by atoms with E-state index in [9.17, 15) is 18.4 Å². The van der Waals surface area contributed by atoms with Gasteiger partial charge in [-0.15, -0.1) is 0 Å². The average Bonchev–Trinajstić information content (AvgIpc) is 3.14. The van der Waals surface area contributed by atoms with Crippen molar-refractivity contribution >= 4 is 17.7 Å². The third-order valence-electron chi connectivity index (χ3n) is 3.75. The monoisotopic (exact) mass is 417 g/mol. The number of benzene rings is 2. The standard InChI is InChI=1S/C20H17F2N3O5/c1-2-28-16-10-12(6-8-15(16)29-19(21)22)7-9-17(26)23-14-5-3-4-13(11-14)18-24-20(27)30-25-18/h3-11,19H,2H2,1H3,(H,23,26)(H,24,25,27)/b9-7+. The van der Waals surface area contributed by atoms with E-state index in [0.29, 0.717) is 16.8 Å². The number of carbonyl (C=O) groups is 1. The van der Waals surface area contributed by atoms with Crippen molar-refractivity contribution in [2.24, 2.45) is 0 Å². The lowest BCUT2D eigenvalue weighted by Gasteiger charge is -2.11. The quantitative estimate of drug-likeness (QED) is 0.542. The number of H-pyrrole nitrogens is 1. The molecule has 0 atom stereocenters. The zero-order valence-electron chi connectivity index (χ0n) is 15.7. The molecule has 2 N–H and O–H groups in total. The predicted molar refractivity (Wildman–Crippen MR) is 104 cm³/mol. The van der Waals surface area contributed by atoms with E-state index in [2.05, 4.69) is 24.7 Å². The first-order valence-corrected chi connectivity index (χ1v) is 8.81. The minimum absolute atomic E-state index is 0.0869. The minimum Gasteiger partial charge on any atom is -0.490 e. The average molecular weight is 417 g/mol. The number of rotatable bonds is 8. The third kappa shape index (κ3) is 5.53. The summed E-state index contributed by atoms with van der Waals surface area (Å²) in [6.45, 7) is -0.993. The Hall–Kier alpha value is -3.95. The molecular formula is C20H17F2N3O5. The SMILES string of the molecule is CCOc1cc(/C=C/C(=O)Nc2cccc(-c3noc(=O)[nH]3)c2)ccc1OC(F)F. The van der Waals surface area contributed by atoms with Gasteiger partial charge in [0.25, 0.3) is 0 Å². The zero-order chi connectivity index (χ0) is 21.5. The summed E-state index contributed by atoms with van der Waals surface area (Å²) >= 11 is 0. The van der Waals surface area contributed by atoms with Crippen LogP contribution in [-0.2, 0) is 4.79 Å². The number of hydrogen-bond donors (Lipinski definition) is 2. The van der Waals surface area contributed by atoms with E-state index in [1.807, 2.05) is 0 Å². The summed E-state index contributed by atoms with van der Waals surface area (Å²) in [6.07, 6.45) is 2.78. The number of nitrogens with one attached hydrogen (secondary N) is 2. The number of aromatic nitrogens is 2. The molecule has 10 heteroatoms. The molecule has 1 amide bonds. The highest BCUT2D eigenvalue weighted by atomic mass is 19.3. The molecule has 0 spiro atoms. The highest BCUT2D eigenvalue weighted by molar-refractivity contribution is 6.02. The van der Waals surface area contributed by atoms with Crippen LogP contribution in [0.5, 0.6) is 11.5 Å². The second kappa shape index (κ2) is 9.50. The van der Waals surface area contributed by atoms with Crippen LogP contribution in [0.3, 0.4) is 0 Å². The summed E-state index contributed by atoms with van der Waals surface area (Å²) in [5.41, 5.74) is 1.59. The van der Waals surface area contributed by atoms with E-state index >= 15 is 0 Å². The van der Waals surface area contributed by atoms with Crippen molar-refractivity contribution < 1.29 is 27.6 Å². The Balaban J connectivity index is 1.70. The van der Waals surface area contributed by atoms with Gasteiger partial charge in [-0.3, -0.25) is 14.3 Å². The molecule has 0 aliphatic rings. The molecule has 0 radical (unpaired) electrons. The summed E-state index contributed by atoms with van der Waals surface area (Å²) in [5, 5.41) is 6.27. The van der Waals surface area contributed by atoms with Crippen molar-refractivity contribution in [3.05, 3.63) is 64.7 Å². The van der Waals surface area contributed by atoms with Crippen LogP contribution in [-0.4, -0.2) is 29.3 Å². The van der Waals surface area contributed by atoms with Gasteiger partial charge in [-0.25, -0.2) is 4.79 Å². The van der Waals surface area contributed by atoms with Crippen LogP contribution < -0.4 is 20.5 Å². The lowest BCUT2D eigenvalue weighted by Crippen LogP contribution is -2.07. The van der Waals surface area contributed by atoms with Crippen LogP contribution >= 0.6 is 0 Å². The number of hydrogen-bond acceptors (Lipinski definition) is 6. The Labute approximate surface area is 169 Å². The van der Waals surface area contributed by atoms with Gasteiger partial charge >= 0.3 is 12.4 Å². The molecule has 0 saturated heterocycles. The first-order chi connectivity index (χ1) is 14.4. The summed E-state index contributed by atoms with van der Waals surface area (Å²) in [4.78, 5) is 25.7. The maximum atomic E-state index is 12.5. The Morgan fingerprint density at radius 3 is 2.80 bits per heavy atom. The van der Waals surface area contributed by atoms with E-state index in [0.717, 1.165) is 0 Å². The van der Waals surface area contributed by atoms with Gasteiger partial charge in [0.2, 0.25) is 5.91 Å². The topological polar surface area (TPSA) is 106 Å². The van der Waals surface area contributed by atoms with Crippen LogP contribution in [0.1, 0.15) is 12.5 Å². The molecule has 0 bridgehead atoms. The van der Waals surface area contributed by atoms with Gasteiger partial charge in [-0.1, -0.05) is 23.4 Å². The van der Waals surface area contributed by atoms with E-state index in [1.54, 1.807) is 31.2 Å². The molecule has 2 aromatic carbocycles. The van der Waals surface area contributed by atoms with Crippen LogP contribution in [0, 0.1) is 0 Å². The number of alkyl halides is 2. The van der Waals surface area contributed by atoms with Crippen LogP contribution in [0.15, 0.2) is 57.9 Å². The van der Waals surface area contributed by atoms with Gasteiger partial charge in [0.15, 0.2) is 17.3 Å². The van der Waals surface area contributed by atoms with Crippen molar-refractivity contribution in [1.82, 2.24) is 10.1 Å². The number of carbonyl (C=O) groups excluding carboxylic acids is 1. The molecule has 0 saturated carbocycles. The van der Waals surface area contributed by atoms with Crippen LogP contribution in [0.2, 0.25) is 0 Å². The number of ether oxygens (including phenoxy) is 2. The minimum atomic E-state index is -2.97. The van der Waals surface area contributed by atoms with Crippen molar-refractivity contribution in [3.63, 3.8) is 0 Å². The van der Waals surface area contributed by atoms with Crippen molar-refractivity contribution in [1.29, 1.82) is 0 Å². The molecule has 3 aromatic rings. The third-order valence-corrected chi connectivity index (χ3v) is 3.75. The van der Waals surface area contributed by atoms with Crippen LogP contribution in [0.4, 0.5) is 14.5 Å². The first-order valence-electron chi connectivity index (χ1n) is 8.81. The molecule has 1 heterocycles. The number of halogens is 2. The summed E-state index contributed by atoms with van der Waals surface area (Å²) < 4.78 is 39.1. The van der Waals surface area contributed by atoms with Crippen molar-refractivity contribution in [2.75, 3.05) is 11.9 Å². The van der Waals surface area contributed by atoms with Gasteiger partial charge in [-0.05, 0) is 42.8 Å². The maximum Gasteiger partial charge on any atom is 0.439 e. The highest BCUT2D eigenvalue weighted by Gasteiger charge is 2.11. The highest BCUT2D eigenvalue weighted by Crippen LogP contribution is 2.30. The normalized spacial score (nSPS) is 11.1. The molecule has 0 aliphatic carbocycles. The number of nitrogens with zero attached hydrogens (tertiary/aromatic N) is 1. The van der Waals surface area contributed by atoms with E-state index < -0.39 is 18.3 Å². The fourth-order valence-corrected chi connectivity index (χ4v) is 2.54. The molecule has 0 unspecified atom stereocenters. The molecule has 1 aromatic heterocycles. The summed E-state index contributed by atoms with van der Waals surface area (Å²) in [6, 6.07) is 11.0. The first kappa shape index (κ1) is 20.8. The maximum absolute atomic E-state index is 12.5. The van der Waals surface area contributed by atoms with Crippen molar-refractivity contribution in [2.45, 2.75) is 13.5 Å². The molecule has 8 nitrogen and oxygen atoms in total. The molecule has 3 rings (SSSR count). The number of anilines is 1. The summed E-state index contributed by atoms with van der Waals surface area (Å²) in [5.74, 6) is -0.808. The second-order valence-electron chi connectivity index (χ2n) is 5.86. The second-order valence-corrected chi connectivity index (χ2v) is 5.86. The van der Waals surface area contributed by atoms with E-state index in [1.165, 1.54) is 30.4 Å². The van der Waals surface area contributed by atoms with Gasteiger partial charge in [-0.2, -0.15) is 8.78 Å². The molecule has 156 valence electrons. The predicted octanol–water partition coefficient (Wildman–Crippen LogP) is 3.68. The van der Waals surface area contributed by atoms with E-state index in [-0.39, 0.29) is 23.9 Å². The Bertz CT molecular complexity index is 1110. The van der Waals surface area contributed by atoms with Crippen LogP contribution in [0.25, 0.3) is 17.5 Å². The fourth-order valence-electron chi connectivity index (χ4n) is 2.54. The smallest absolute Gasteiger partial charge is 0.439 e. The number of aromatic amines is 1. The Morgan fingerprint density at radius 2 is 2.10 bits per heavy atom. The molecule has 30 heavy (non-hydrogen) atoms. The number of amides is 1. The van der Waals surface area contributed by atoms with Gasteiger partial charge in [0.1, 0.15) is 0 Å². The molecule has 0 fully saturated rings. The van der Waals surface area contributed by atoms with Crippen molar-refractivity contribution in [3.8, 4) is 22.9 Å². The molecular weight excluding hydrogens is 400 g/mol. The zero-order valence-corrected chi connectivity index (χ0v) is 15.7.